The summed E-state index contributed by atoms with van der Waals surface area (Å²) in [6, 6.07) is 8.06. The fourth-order valence-corrected chi connectivity index (χ4v) is 3.27. The molecule has 1 heterocycles. The first kappa shape index (κ1) is 10.5. The Hall–Kier alpha value is -1.64. The molecule has 1 spiro atoms. The van der Waals surface area contributed by atoms with Gasteiger partial charge in [0.15, 0.2) is 5.54 Å². The summed E-state index contributed by atoms with van der Waals surface area (Å²) in [5, 5.41) is 11.3. The Labute approximate surface area is 99.5 Å². The molecular weight excluding hydrogens is 214 g/mol. The van der Waals surface area contributed by atoms with Crippen molar-refractivity contribution in [2.24, 2.45) is 0 Å². The van der Waals surface area contributed by atoms with E-state index in [1.165, 1.54) is 12.8 Å². The molecule has 0 atom stereocenters. The number of benzene rings is 1. The van der Waals surface area contributed by atoms with E-state index in [4.69, 9.17) is 5.11 Å². The molecule has 3 heteroatoms. The minimum Gasteiger partial charge on any atom is -0.481 e. The highest BCUT2D eigenvalue weighted by Gasteiger charge is 2.46. The average Bonchev–Trinajstić information content (AvgIpc) is 2.87. The smallest absolute Gasteiger partial charge is 0.307 e. The van der Waals surface area contributed by atoms with Gasteiger partial charge in [-0.05, 0) is 18.9 Å². The lowest BCUT2D eigenvalue weighted by Crippen LogP contribution is -2.87. The number of para-hydroxylation sites is 1. The lowest BCUT2D eigenvalue weighted by molar-refractivity contribution is -0.566. The Kier molecular flexibility index (Phi) is 2.28. The van der Waals surface area contributed by atoms with Gasteiger partial charge in [0.2, 0.25) is 5.36 Å². The molecule has 1 fully saturated rings. The van der Waals surface area contributed by atoms with Crippen LogP contribution in [0.25, 0.3) is 5.57 Å². The second-order valence-corrected chi connectivity index (χ2v) is 5.01. The van der Waals surface area contributed by atoms with E-state index in [1.807, 2.05) is 24.3 Å². The van der Waals surface area contributed by atoms with Gasteiger partial charge in [-0.15, -0.1) is 0 Å². The molecule has 0 amide bonds. The first-order valence-corrected chi connectivity index (χ1v) is 6.17. The summed E-state index contributed by atoms with van der Waals surface area (Å²) in [7, 11) is 0. The van der Waals surface area contributed by atoms with Crippen LogP contribution in [0, 0.1) is 0 Å². The van der Waals surface area contributed by atoms with Crippen LogP contribution in [0.15, 0.2) is 24.3 Å². The topological polar surface area (TPSA) is 51.3 Å². The highest BCUT2D eigenvalue weighted by Crippen LogP contribution is 2.34. The number of nitrogens with one attached hydrogen (secondary N) is 1. The van der Waals surface area contributed by atoms with Crippen molar-refractivity contribution in [3.63, 3.8) is 0 Å². The van der Waals surface area contributed by atoms with Gasteiger partial charge in [-0.2, -0.15) is 0 Å². The monoisotopic (exact) mass is 230 g/mol. The van der Waals surface area contributed by atoms with Gasteiger partial charge >= 0.3 is 5.97 Å². The number of fused-ring (bicyclic) bond motifs is 1. The summed E-state index contributed by atoms with van der Waals surface area (Å²) in [4.78, 5) is 14.6. The van der Waals surface area contributed by atoms with Crippen LogP contribution in [0.3, 0.4) is 0 Å². The molecule has 3 nitrogen and oxygen atoms in total. The molecule has 2 N–H and O–H groups in total. The van der Waals surface area contributed by atoms with Gasteiger partial charge in [0.25, 0.3) is 0 Å². The summed E-state index contributed by atoms with van der Waals surface area (Å²) < 4.78 is 0. The zero-order chi connectivity index (χ0) is 11.9. The van der Waals surface area contributed by atoms with Crippen molar-refractivity contribution in [1.29, 1.82) is 0 Å². The van der Waals surface area contributed by atoms with Crippen molar-refractivity contribution in [2.75, 3.05) is 0 Å². The second kappa shape index (κ2) is 3.69. The summed E-state index contributed by atoms with van der Waals surface area (Å²) in [6.45, 7) is 0. The molecule has 1 aromatic carbocycles. The van der Waals surface area contributed by atoms with Crippen molar-refractivity contribution in [3.8, 4) is 0 Å². The largest absolute Gasteiger partial charge is 0.481 e. The molecule has 0 unspecified atom stereocenters. The molecular formula is C14H16NO2+. The number of carboxylic acids is 1. The average molecular weight is 230 g/mol. The molecule has 1 aliphatic heterocycles. The molecule has 88 valence electrons. The third-order valence-electron chi connectivity index (χ3n) is 3.99. The Morgan fingerprint density at radius 1 is 1.29 bits per heavy atom. The molecule has 0 bridgehead atoms. The SMILES string of the molecule is O=C(O)CC1=c2ccccc2=[NH+]C12CCCC2. The minimum atomic E-state index is -0.732. The van der Waals surface area contributed by atoms with Crippen LogP contribution < -0.4 is 15.6 Å². The summed E-state index contributed by atoms with van der Waals surface area (Å²) in [5.41, 5.74) is 1.01. The molecule has 17 heavy (non-hydrogen) atoms. The van der Waals surface area contributed by atoms with E-state index >= 15 is 0 Å². The molecule has 3 rings (SSSR count). The van der Waals surface area contributed by atoms with Gasteiger partial charge in [0, 0.05) is 24.5 Å². The molecule has 2 aliphatic rings. The lowest BCUT2D eigenvalue weighted by Gasteiger charge is -2.17. The Balaban J connectivity index is 2.22. The minimum absolute atomic E-state index is 0.0674. The zero-order valence-corrected chi connectivity index (χ0v) is 9.70. The Morgan fingerprint density at radius 2 is 2.00 bits per heavy atom. The van der Waals surface area contributed by atoms with Crippen LogP contribution in [0.1, 0.15) is 32.1 Å². The van der Waals surface area contributed by atoms with Gasteiger partial charge in [0.1, 0.15) is 0 Å². The molecule has 1 aliphatic carbocycles. The Morgan fingerprint density at radius 3 is 2.71 bits per heavy atom. The molecule has 0 radical (unpaired) electrons. The van der Waals surface area contributed by atoms with Gasteiger partial charge < -0.3 is 5.11 Å². The maximum atomic E-state index is 11.1. The van der Waals surface area contributed by atoms with E-state index < -0.39 is 5.97 Å². The maximum absolute atomic E-state index is 11.1. The van der Waals surface area contributed by atoms with E-state index in [0.29, 0.717) is 0 Å². The van der Waals surface area contributed by atoms with Crippen LogP contribution in [0.5, 0.6) is 0 Å². The predicted molar refractivity (Wildman–Crippen MR) is 62.6 cm³/mol. The van der Waals surface area contributed by atoms with Crippen molar-refractivity contribution in [3.05, 3.63) is 34.8 Å². The van der Waals surface area contributed by atoms with Gasteiger partial charge in [-0.3, -0.25) is 4.79 Å². The van der Waals surface area contributed by atoms with Crippen molar-refractivity contribution in [2.45, 2.75) is 37.6 Å². The lowest BCUT2D eigenvalue weighted by atomic mass is 9.87. The third kappa shape index (κ3) is 1.57. The van der Waals surface area contributed by atoms with E-state index in [1.54, 1.807) is 0 Å². The number of rotatable bonds is 2. The maximum Gasteiger partial charge on any atom is 0.307 e. The van der Waals surface area contributed by atoms with Gasteiger partial charge in [0.05, 0.1) is 11.6 Å². The van der Waals surface area contributed by atoms with Crippen molar-refractivity contribution >= 4 is 11.5 Å². The third-order valence-corrected chi connectivity index (χ3v) is 3.99. The fourth-order valence-electron chi connectivity index (χ4n) is 3.27. The van der Waals surface area contributed by atoms with Crippen LogP contribution >= 0.6 is 0 Å². The standard InChI is InChI=1S/C14H15NO2/c16-13(17)9-11-10-5-1-2-6-12(10)15-14(11)7-3-4-8-14/h1-2,5-6H,3-4,7-9H2,(H,16,17)/p+1. The van der Waals surface area contributed by atoms with Crippen molar-refractivity contribution in [1.82, 2.24) is 0 Å². The first-order chi connectivity index (χ1) is 8.21. The number of carboxylic acid groups (broad SMARTS) is 1. The number of aliphatic carboxylic acids is 1. The number of hydrogen-bond donors (Lipinski definition) is 2. The molecule has 0 saturated heterocycles. The highest BCUT2D eigenvalue weighted by molar-refractivity contribution is 5.80. The molecule has 0 aromatic heterocycles. The zero-order valence-electron chi connectivity index (χ0n) is 9.70. The molecule has 1 saturated carbocycles. The second-order valence-electron chi connectivity index (χ2n) is 5.01. The van der Waals surface area contributed by atoms with E-state index in [0.717, 1.165) is 29.0 Å². The van der Waals surface area contributed by atoms with Gasteiger partial charge in [-0.1, -0.05) is 12.1 Å². The Bertz CT molecular complexity index is 582. The van der Waals surface area contributed by atoms with E-state index in [9.17, 15) is 4.79 Å². The van der Waals surface area contributed by atoms with Crippen LogP contribution in [-0.4, -0.2) is 16.6 Å². The van der Waals surface area contributed by atoms with Gasteiger partial charge in [-0.25, -0.2) is 4.99 Å². The molecule has 1 aromatic rings. The van der Waals surface area contributed by atoms with Crippen molar-refractivity contribution < 1.29 is 14.9 Å². The van der Waals surface area contributed by atoms with E-state index in [-0.39, 0.29) is 12.0 Å². The van der Waals surface area contributed by atoms with Crippen LogP contribution in [-0.2, 0) is 4.79 Å². The quantitative estimate of drug-likeness (QED) is 0.708. The van der Waals surface area contributed by atoms with E-state index in [2.05, 4.69) is 4.99 Å². The highest BCUT2D eigenvalue weighted by atomic mass is 16.4. The van der Waals surface area contributed by atoms with Crippen LogP contribution in [0.2, 0.25) is 0 Å². The summed E-state index contributed by atoms with van der Waals surface area (Å²) in [6.07, 6.45) is 4.65. The first-order valence-electron chi connectivity index (χ1n) is 6.17. The summed E-state index contributed by atoms with van der Waals surface area (Å²) in [5.74, 6) is -0.732. The fraction of sp³-hybridized carbons (Fsp3) is 0.429. The predicted octanol–water partition coefficient (Wildman–Crippen LogP) is -0.661. The number of carbonyl (C=O) groups is 1. The normalized spacial score (nSPS) is 20.4. The number of hydrogen-bond acceptors (Lipinski definition) is 1. The van der Waals surface area contributed by atoms with Crippen LogP contribution in [0.4, 0.5) is 0 Å². The summed E-state index contributed by atoms with van der Waals surface area (Å²) >= 11 is 0.